The molecular weight excluding hydrogens is 246 g/mol. The van der Waals surface area contributed by atoms with Gasteiger partial charge in [0, 0.05) is 0 Å². The Kier molecular flexibility index (Phi) is 6.80. The SMILES string of the molecule is C=CC(=C)CCOP(=O)(OOO)[P+](=O)O. The van der Waals surface area contributed by atoms with Gasteiger partial charge < -0.3 is 0 Å². The molecular formula is C6H11O7P2+. The molecule has 0 aromatic heterocycles. The molecule has 0 saturated heterocycles. The number of rotatable bonds is 8. The molecule has 0 bridgehead atoms. The fourth-order valence-electron chi connectivity index (χ4n) is 0.536. The lowest BCUT2D eigenvalue weighted by molar-refractivity contribution is -0.441. The molecule has 0 rings (SSSR count). The molecule has 0 heterocycles. The number of hydrogen-bond donors (Lipinski definition) is 2. The van der Waals surface area contributed by atoms with Gasteiger partial charge in [-0.25, -0.2) is 9.82 Å². The first-order valence-electron chi connectivity index (χ1n) is 3.67. The third-order valence-corrected chi connectivity index (χ3v) is 4.29. The molecule has 7 nitrogen and oxygen atoms in total. The van der Waals surface area contributed by atoms with Crippen molar-refractivity contribution in [1.82, 2.24) is 0 Å². The van der Waals surface area contributed by atoms with E-state index in [1.165, 1.54) is 6.08 Å². The maximum atomic E-state index is 11.3. The van der Waals surface area contributed by atoms with Crippen molar-refractivity contribution in [2.45, 2.75) is 6.42 Å². The second-order valence-electron chi connectivity index (χ2n) is 2.32. The normalized spacial score (nSPS) is 15.5. The summed E-state index contributed by atoms with van der Waals surface area (Å²) < 4.78 is 30.0. The Labute approximate surface area is 87.1 Å². The second kappa shape index (κ2) is 6.98. The van der Waals surface area contributed by atoms with Crippen LogP contribution < -0.4 is 0 Å². The highest BCUT2D eigenvalue weighted by Crippen LogP contribution is 2.68. The van der Waals surface area contributed by atoms with E-state index in [2.05, 4.69) is 27.4 Å². The minimum Gasteiger partial charge on any atom is -0.267 e. The van der Waals surface area contributed by atoms with Gasteiger partial charge in [-0.15, -0.1) is 0 Å². The van der Waals surface area contributed by atoms with Gasteiger partial charge in [-0.3, -0.25) is 4.52 Å². The summed E-state index contributed by atoms with van der Waals surface area (Å²) in [5.41, 5.74) is 0.597. The molecule has 2 atom stereocenters. The van der Waals surface area contributed by atoms with Crippen LogP contribution in [0.3, 0.4) is 0 Å². The lowest BCUT2D eigenvalue weighted by Gasteiger charge is -2.03. The van der Waals surface area contributed by atoms with Crippen LogP contribution in [0.2, 0.25) is 0 Å². The van der Waals surface area contributed by atoms with Gasteiger partial charge in [0.1, 0.15) is 0 Å². The Morgan fingerprint density at radius 3 is 2.60 bits per heavy atom. The summed E-state index contributed by atoms with van der Waals surface area (Å²) in [5.74, 6) is 0. The number of hydrogen-bond acceptors (Lipinski definition) is 6. The van der Waals surface area contributed by atoms with E-state index in [0.717, 1.165) is 0 Å². The second-order valence-corrected chi connectivity index (χ2v) is 6.66. The zero-order chi connectivity index (χ0) is 11.9. The highest BCUT2D eigenvalue weighted by molar-refractivity contribution is 8.20. The zero-order valence-corrected chi connectivity index (χ0v) is 9.52. The molecule has 0 radical (unpaired) electrons. The van der Waals surface area contributed by atoms with Crippen molar-refractivity contribution in [1.29, 1.82) is 0 Å². The van der Waals surface area contributed by atoms with Crippen molar-refractivity contribution in [3.63, 3.8) is 0 Å². The first-order chi connectivity index (χ1) is 6.96. The van der Waals surface area contributed by atoms with Gasteiger partial charge in [-0.2, -0.15) is 4.89 Å². The van der Waals surface area contributed by atoms with E-state index in [-0.39, 0.29) is 13.0 Å². The van der Waals surface area contributed by atoms with E-state index >= 15 is 0 Å². The Bertz CT molecular complexity index is 300. The van der Waals surface area contributed by atoms with Crippen molar-refractivity contribution in [3.8, 4) is 0 Å². The van der Waals surface area contributed by atoms with Crippen molar-refractivity contribution in [2.24, 2.45) is 0 Å². The van der Waals surface area contributed by atoms with E-state index in [4.69, 9.17) is 10.2 Å². The highest BCUT2D eigenvalue weighted by Gasteiger charge is 2.51. The van der Waals surface area contributed by atoms with Crippen LogP contribution in [0.1, 0.15) is 6.42 Å². The van der Waals surface area contributed by atoms with Crippen LogP contribution in [0.4, 0.5) is 0 Å². The Balaban J connectivity index is 4.20. The maximum absolute atomic E-state index is 11.3. The van der Waals surface area contributed by atoms with E-state index < -0.39 is 15.0 Å². The van der Waals surface area contributed by atoms with Crippen molar-refractivity contribution < 1.29 is 33.5 Å². The molecule has 0 aliphatic rings. The molecule has 15 heavy (non-hydrogen) atoms. The Morgan fingerprint density at radius 2 is 2.20 bits per heavy atom. The number of allylic oxidation sites excluding steroid dienone is 1. The largest absolute Gasteiger partial charge is 0.635 e. The molecule has 0 aliphatic heterocycles. The summed E-state index contributed by atoms with van der Waals surface area (Å²) in [6.45, 7) is 6.79. The van der Waals surface area contributed by atoms with Crippen molar-refractivity contribution in [3.05, 3.63) is 24.8 Å². The third kappa shape index (κ3) is 5.30. The molecule has 0 aromatic rings. The van der Waals surface area contributed by atoms with Crippen LogP contribution in [0.5, 0.6) is 0 Å². The van der Waals surface area contributed by atoms with Crippen LogP contribution >= 0.6 is 15.0 Å². The van der Waals surface area contributed by atoms with Gasteiger partial charge in [0.05, 0.1) is 6.61 Å². The molecule has 2 N–H and O–H groups in total. The average Bonchev–Trinajstić information content (AvgIpc) is 2.17. The maximum Gasteiger partial charge on any atom is 0.635 e. The minimum absolute atomic E-state index is 0.173. The first-order valence-corrected chi connectivity index (χ1v) is 7.13. The molecule has 0 saturated carbocycles. The average molecular weight is 257 g/mol. The van der Waals surface area contributed by atoms with Gasteiger partial charge in [0.15, 0.2) is 0 Å². The van der Waals surface area contributed by atoms with Crippen molar-refractivity contribution >= 4 is 15.0 Å². The summed E-state index contributed by atoms with van der Waals surface area (Å²) >= 11 is 0. The molecule has 2 unspecified atom stereocenters. The summed E-state index contributed by atoms with van der Waals surface area (Å²) in [4.78, 5) is 8.59. The lowest BCUT2D eigenvalue weighted by Crippen LogP contribution is -1.95. The summed E-state index contributed by atoms with van der Waals surface area (Å²) in [6, 6.07) is 0. The van der Waals surface area contributed by atoms with Crippen LogP contribution in [0.15, 0.2) is 24.8 Å². The molecule has 0 aliphatic carbocycles. The predicted octanol–water partition coefficient (Wildman–Crippen LogP) is 2.40. The summed E-state index contributed by atoms with van der Waals surface area (Å²) in [6.07, 6.45) is 1.71. The van der Waals surface area contributed by atoms with E-state index in [1.54, 1.807) is 0 Å². The smallest absolute Gasteiger partial charge is 0.267 e. The molecule has 0 amide bonds. The first kappa shape index (κ1) is 14.6. The predicted molar refractivity (Wildman–Crippen MR) is 52.1 cm³/mol. The molecule has 9 heteroatoms. The standard InChI is InChI=1S/C6H10O7P2/c1-3-6(2)4-5-11-15(10,13-12-7)14(8)9/h3H,1-2,4-5H2,(H-,7,8,9)/p+1. The van der Waals surface area contributed by atoms with E-state index in [0.29, 0.717) is 5.57 Å². The van der Waals surface area contributed by atoms with Gasteiger partial charge in [0.2, 0.25) is 0 Å². The van der Waals surface area contributed by atoms with Crippen LogP contribution in [-0.4, -0.2) is 16.8 Å². The van der Waals surface area contributed by atoms with Gasteiger partial charge in [-0.1, -0.05) is 34.5 Å². The van der Waals surface area contributed by atoms with Crippen LogP contribution in [0.25, 0.3) is 0 Å². The highest BCUT2D eigenvalue weighted by atomic mass is 32.1. The van der Waals surface area contributed by atoms with Crippen LogP contribution in [-0.2, 0) is 23.4 Å². The summed E-state index contributed by atoms with van der Waals surface area (Å²) in [5, 5.41) is 10.9. The molecule has 0 aromatic carbocycles. The topological polar surface area (TPSA) is 102 Å². The molecule has 0 fully saturated rings. The van der Waals surface area contributed by atoms with Crippen molar-refractivity contribution in [2.75, 3.05) is 6.61 Å². The lowest BCUT2D eigenvalue weighted by atomic mass is 10.2. The third-order valence-electron chi connectivity index (χ3n) is 1.30. The fraction of sp³-hybridized carbons (Fsp3) is 0.333. The monoisotopic (exact) mass is 257 g/mol. The quantitative estimate of drug-likeness (QED) is 0.298. The summed E-state index contributed by atoms with van der Waals surface area (Å²) in [7, 11) is -7.61. The minimum atomic E-state index is -4.34. The molecule has 0 spiro atoms. The fourth-order valence-corrected chi connectivity index (χ4v) is 1.94. The van der Waals surface area contributed by atoms with E-state index in [1.807, 2.05) is 0 Å². The zero-order valence-electron chi connectivity index (χ0n) is 7.74. The van der Waals surface area contributed by atoms with Gasteiger partial charge in [0.25, 0.3) is 0 Å². The van der Waals surface area contributed by atoms with Gasteiger partial charge in [-0.05, 0) is 11.0 Å². The Hall–Kier alpha value is -0.390. The van der Waals surface area contributed by atoms with Gasteiger partial charge >= 0.3 is 15.0 Å². The van der Waals surface area contributed by atoms with E-state index in [9.17, 15) is 9.13 Å². The van der Waals surface area contributed by atoms with Crippen LogP contribution in [0, 0.1) is 0 Å². The Morgan fingerprint density at radius 1 is 1.60 bits per heavy atom. The molecule has 86 valence electrons.